The van der Waals surface area contributed by atoms with Gasteiger partial charge < -0.3 is 10.6 Å². The largest absolute Gasteiger partial charge is 0.374 e. The van der Waals surface area contributed by atoms with Gasteiger partial charge in [0.2, 0.25) is 5.82 Å². The molecule has 3 N–H and O–H groups in total. The van der Waals surface area contributed by atoms with Gasteiger partial charge in [0.1, 0.15) is 10.9 Å². The molecule has 20 heavy (non-hydrogen) atoms. The number of allylic oxidation sites excluding steroid dienone is 1. The number of aromatic nitrogens is 2. The molecule has 1 aliphatic rings. The van der Waals surface area contributed by atoms with Gasteiger partial charge in [-0.3, -0.25) is 5.41 Å². The summed E-state index contributed by atoms with van der Waals surface area (Å²) in [6, 6.07) is 1.76. The summed E-state index contributed by atoms with van der Waals surface area (Å²) in [5.41, 5.74) is 0.886. The summed E-state index contributed by atoms with van der Waals surface area (Å²) in [6.45, 7) is 0.700. The van der Waals surface area contributed by atoms with Crippen molar-refractivity contribution in [3.05, 3.63) is 47.2 Å². The molecule has 0 aliphatic carbocycles. The number of rotatable bonds is 4. The molecule has 0 spiro atoms. The zero-order valence-corrected chi connectivity index (χ0v) is 11.9. The fraction of sp³-hybridized carbons (Fsp3) is 0.214. The van der Waals surface area contributed by atoms with Crippen molar-refractivity contribution in [1.82, 2.24) is 20.6 Å². The monoisotopic (exact) mass is 285 g/mol. The number of thioether (sulfide) groups is 1. The first-order valence-corrected chi connectivity index (χ1v) is 7.03. The topological polar surface area (TPSA) is 73.7 Å². The van der Waals surface area contributed by atoms with E-state index in [9.17, 15) is 0 Å². The van der Waals surface area contributed by atoms with Crippen molar-refractivity contribution in [3.63, 3.8) is 0 Å². The van der Waals surface area contributed by atoms with Crippen LogP contribution in [0.3, 0.4) is 0 Å². The van der Waals surface area contributed by atoms with E-state index in [2.05, 4.69) is 32.4 Å². The molecular formula is C14H15N5S. The Morgan fingerprint density at radius 2 is 2.20 bits per heavy atom. The van der Waals surface area contributed by atoms with E-state index in [0.29, 0.717) is 23.8 Å². The van der Waals surface area contributed by atoms with E-state index in [0.717, 1.165) is 11.4 Å². The first-order valence-electron chi connectivity index (χ1n) is 6.15. The lowest BCUT2D eigenvalue weighted by atomic mass is 10.2. The lowest BCUT2D eigenvalue weighted by molar-refractivity contribution is 0.738. The van der Waals surface area contributed by atoms with Crippen LogP contribution >= 0.6 is 11.8 Å². The van der Waals surface area contributed by atoms with Gasteiger partial charge in [-0.25, -0.2) is 9.97 Å². The highest BCUT2D eigenvalue weighted by atomic mass is 32.2. The van der Waals surface area contributed by atoms with Crippen molar-refractivity contribution in [2.45, 2.75) is 6.42 Å². The minimum Gasteiger partial charge on any atom is -0.374 e. The molecule has 2 rings (SSSR count). The molecule has 0 unspecified atom stereocenters. The molecule has 0 amide bonds. The Morgan fingerprint density at radius 1 is 1.40 bits per heavy atom. The molecule has 6 heteroatoms. The van der Waals surface area contributed by atoms with Gasteiger partial charge >= 0.3 is 0 Å². The zero-order valence-electron chi connectivity index (χ0n) is 11.1. The van der Waals surface area contributed by atoms with Crippen molar-refractivity contribution in [2.24, 2.45) is 0 Å². The third-order valence-corrected chi connectivity index (χ3v) is 3.23. The van der Waals surface area contributed by atoms with Crippen molar-refractivity contribution in [1.29, 1.82) is 5.41 Å². The van der Waals surface area contributed by atoms with Gasteiger partial charge in [-0.05, 0) is 23.5 Å². The van der Waals surface area contributed by atoms with Crippen LogP contribution in [0.4, 0.5) is 0 Å². The Hall–Kier alpha value is -2.26. The van der Waals surface area contributed by atoms with Crippen molar-refractivity contribution in [2.75, 3.05) is 13.6 Å². The van der Waals surface area contributed by atoms with Crippen LogP contribution in [0.5, 0.6) is 0 Å². The van der Waals surface area contributed by atoms with Crippen LogP contribution in [0.15, 0.2) is 41.3 Å². The van der Waals surface area contributed by atoms with E-state index < -0.39 is 0 Å². The van der Waals surface area contributed by atoms with Gasteiger partial charge in [0.15, 0.2) is 0 Å². The third kappa shape index (κ3) is 3.87. The standard InChI is InChI=1S/C14H15N5S/c1-16-14(11-6-10-20-13(11)15)19-7-3-2-5-12-17-8-4-9-18-12/h4,6,8-10,15-16,19H,3,7H2,1H3/b14-11+,15-13?. The average molecular weight is 285 g/mol. The van der Waals surface area contributed by atoms with Gasteiger partial charge in [-0.1, -0.05) is 17.7 Å². The second-order valence-electron chi connectivity index (χ2n) is 3.84. The van der Waals surface area contributed by atoms with Crippen LogP contribution in [0.2, 0.25) is 0 Å². The minimum atomic E-state index is 0.539. The molecule has 0 bridgehead atoms. The molecule has 5 nitrogen and oxygen atoms in total. The molecule has 0 atom stereocenters. The van der Waals surface area contributed by atoms with E-state index in [1.165, 1.54) is 11.8 Å². The Balaban J connectivity index is 1.85. The Bertz CT molecular complexity index is 595. The highest BCUT2D eigenvalue weighted by Crippen LogP contribution is 2.23. The molecule has 2 heterocycles. The van der Waals surface area contributed by atoms with Crippen LogP contribution in [0.25, 0.3) is 0 Å². The zero-order chi connectivity index (χ0) is 14.2. The molecule has 1 aromatic rings. The molecule has 0 radical (unpaired) electrons. The van der Waals surface area contributed by atoms with Crippen molar-refractivity contribution < 1.29 is 0 Å². The van der Waals surface area contributed by atoms with Crippen LogP contribution in [0.1, 0.15) is 12.2 Å². The first kappa shape index (κ1) is 14.2. The second-order valence-corrected chi connectivity index (χ2v) is 4.76. The van der Waals surface area contributed by atoms with Gasteiger partial charge in [0.05, 0.1) is 0 Å². The second kappa shape index (κ2) is 7.36. The summed E-state index contributed by atoms with van der Waals surface area (Å²) in [5.74, 6) is 7.32. The minimum absolute atomic E-state index is 0.539. The summed E-state index contributed by atoms with van der Waals surface area (Å²) >= 11 is 1.41. The maximum atomic E-state index is 7.79. The van der Waals surface area contributed by atoms with Gasteiger partial charge in [-0.2, -0.15) is 0 Å². The number of hydrogen-bond donors (Lipinski definition) is 3. The fourth-order valence-corrected chi connectivity index (χ4v) is 2.22. The number of nitrogens with one attached hydrogen (secondary N) is 3. The highest BCUT2D eigenvalue weighted by molar-refractivity contribution is 8.17. The van der Waals surface area contributed by atoms with Crippen LogP contribution < -0.4 is 10.6 Å². The van der Waals surface area contributed by atoms with Crippen molar-refractivity contribution in [3.8, 4) is 11.8 Å². The maximum Gasteiger partial charge on any atom is 0.204 e. The predicted molar refractivity (Wildman–Crippen MR) is 82.1 cm³/mol. The quantitative estimate of drug-likeness (QED) is 0.577. The van der Waals surface area contributed by atoms with Gasteiger partial charge in [0.25, 0.3) is 0 Å². The Kier molecular flexibility index (Phi) is 5.21. The number of hydrogen-bond acceptors (Lipinski definition) is 6. The van der Waals surface area contributed by atoms with E-state index in [4.69, 9.17) is 5.41 Å². The lowest BCUT2D eigenvalue weighted by Crippen LogP contribution is -2.26. The summed E-state index contributed by atoms with van der Waals surface area (Å²) in [4.78, 5) is 8.07. The van der Waals surface area contributed by atoms with Gasteiger partial charge in [0, 0.05) is 38.0 Å². The Labute approximate surface area is 122 Å². The number of nitrogens with zero attached hydrogens (tertiary/aromatic N) is 2. The molecular weight excluding hydrogens is 270 g/mol. The van der Waals surface area contributed by atoms with Crippen LogP contribution in [-0.2, 0) is 0 Å². The lowest BCUT2D eigenvalue weighted by Gasteiger charge is -2.11. The van der Waals surface area contributed by atoms with E-state index >= 15 is 0 Å². The summed E-state index contributed by atoms with van der Waals surface area (Å²) in [7, 11) is 1.84. The molecule has 0 fully saturated rings. The first-order chi connectivity index (χ1) is 9.81. The predicted octanol–water partition coefficient (Wildman–Crippen LogP) is 1.48. The smallest absolute Gasteiger partial charge is 0.204 e. The normalized spacial score (nSPS) is 15.6. The third-order valence-electron chi connectivity index (χ3n) is 2.50. The Morgan fingerprint density at radius 3 is 2.85 bits per heavy atom. The van der Waals surface area contributed by atoms with E-state index in [1.54, 1.807) is 18.5 Å². The van der Waals surface area contributed by atoms with Crippen LogP contribution in [0, 0.1) is 17.3 Å². The summed E-state index contributed by atoms with van der Waals surface area (Å²) in [6.07, 6.45) is 5.96. The highest BCUT2D eigenvalue weighted by Gasteiger charge is 2.12. The molecule has 0 saturated carbocycles. The molecule has 0 aromatic carbocycles. The average Bonchev–Trinajstić information content (AvgIpc) is 2.90. The maximum absolute atomic E-state index is 7.79. The SMILES string of the molecule is CN/C(NCCC#Cc1ncccn1)=C1/C=CSC1=N. The van der Waals surface area contributed by atoms with E-state index in [-0.39, 0.29) is 0 Å². The molecule has 102 valence electrons. The van der Waals surface area contributed by atoms with Crippen LogP contribution in [-0.4, -0.2) is 28.6 Å². The molecule has 0 saturated heterocycles. The van der Waals surface area contributed by atoms with Gasteiger partial charge in [-0.15, -0.1) is 0 Å². The van der Waals surface area contributed by atoms with Crippen molar-refractivity contribution >= 4 is 16.8 Å². The van der Waals surface area contributed by atoms with E-state index in [1.807, 2.05) is 18.5 Å². The fourth-order valence-electron chi connectivity index (χ4n) is 1.58. The molecule has 1 aliphatic heterocycles. The summed E-state index contributed by atoms with van der Waals surface area (Å²) < 4.78 is 0. The molecule has 1 aromatic heterocycles. The summed E-state index contributed by atoms with van der Waals surface area (Å²) in [5, 5.41) is 16.6.